The molecule has 1 aromatic heterocycles. The van der Waals surface area contributed by atoms with Gasteiger partial charge in [0.1, 0.15) is 17.0 Å². The summed E-state index contributed by atoms with van der Waals surface area (Å²) in [6.45, 7) is 0. The van der Waals surface area contributed by atoms with Gasteiger partial charge in [0.25, 0.3) is 5.91 Å². The van der Waals surface area contributed by atoms with Gasteiger partial charge in [0.05, 0.1) is 25.3 Å². The van der Waals surface area contributed by atoms with E-state index in [4.69, 9.17) is 16.7 Å². The maximum absolute atomic E-state index is 13.0. The van der Waals surface area contributed by atoms with Crippen LogP contribution in [0.4, 0.5) is 4.39 Å². The lowest BCUT2D eigenvalue weighted by molar-refractivity contribution is -0.147. The fourth-order valence-corrected chi connectivity index (χ4v) is 1.46. The maximum Gasteiger partial charge on any atom is 0.326 e. The average molecular weight is 305 g/mol. The summed E-state index contributed by atoms with van der Waals surface area (Å²) < 4.78 is 17.3. The van der Waals surface area contributed by atoms with E-state index in [1.807, 2.05) is 5.32 Å². The van der Waals surface area contributed by atoms with Crippen molar-refractivity contribution in [2.24, 2.45) is 0 Å². The lowest BCUT2D eigenvalue weighted by Crippen LogP contribution is -2.42. The van der Waals surface area contributed by atoms with Crippen LogP contribution in [0.25, 0.3) is 0 Å². The lowest BCUT2D eigenvalue weighted by Gasteiger charge is -2.13. The second kappa shape index (κ2) is 6.80. The number of carboxylic acid groups (broad SMARTS) is 1. The van der Waals surface area contributed by atoms with Crippen LogP contribution in [0.15, 0.2) is 12.3 Å². The molecule has 0 saturated heterocycles. The van der Waals surface area contributed by atoms with Gasteiger partial charge >= 0.3 is 11.9 Å². The predicted molar refractivity (Wildman–Crippen MR) is 64.7 cm³/mol. The minimum Gasteiger partial charge on any atom is -0.480 e. The summed E-state index contributed by atoms with van der Waals surface area (Å²) in [5.74, 6) is -4.02. The molecule has 0 aromatic carbocycles. The molecule has 1 heterocycles. The van der Waals surface area contributed by atoms with E-state index < -0.39 is 36.1 Å². The van der Waals surface area contributed by atoms with Crippen molar-refractivity contribution in [1.29, 1.82) is 0 Å². The quantitative estimate of drug-likeness (QED) is 0.610. The molecule has 1 atom stereocenters. The van der Waals surface area contributed by atoms with Crippen molar-refractivity contribution in [3.05, 3.63) is 28.8 Å². The molecule has 0 bridgehead atoms. The number of carboxylic acids is 1. The molecule has 20 heavy (non-hydrogen) atoms. The molecule has 1 aromatic rings. The normalized spacial score (nSPS) is 11.6. The Morgan fingerprint density at radius 2 is 2.20 bits per heavy atom. The summed E-state index contributed by atoms with van der Waals surface area (Å²) in [7, 11) is 1.08. The number of hydrogen-bond donors (Lipinski definition) is 2. The molecule has 1 rings (SSSR count). The van der Waals surface area contributed by atoms with E-state index in [0.29, 0.717) is 0 Å². The van der Waals surface area contributed by atoms with Gasteiger partial charge in [0, 0.05) is 0 Å². The molecule has 0 aliphatic carbocycles. The largest absolute Gasteiger partial charge is 0.480 e. The zero-order valence-electron chi connectivity index (χ0n) is 10.2. The molecule has 0 unspecified atom stereocenters. The third kappa shape index (κ3) is 4.16. The number of amides is 1. The van der Waals surface area contributed by atoms with Crippen LogP contribution in [-0.4, -0.2) is 41.1 Å². The van der Waals surface area contributed by atoms with Gasteiger partial charge in [0.2, 0.25) is 0 Å². The van der Waals surface area contributed by atoms with E-state index in [1.54, 1.807) is 0 Å². The predicted octanol–water partition coefficient (Wildman–Crippen LogP) is 0.620. The van der Waals surface area contributed by atoms with Gasteiger partial charge in [-0.1, -0.05) is 11.6 Å². The average Bonchev–Trinajstić information content (AvgIpc) is 2.40. The van der Waals surface area contributed by atoms with E-state index in [9.17, 15) is 18.8 Å². The van der Waals surface area contributed by atoms with Gasteiger partial charge in [-0.15, -0.1) is 0 Å². The van der Waals surface area contributed by atoms with Crippen LogP contribution >= 0.6 is 11.6 Å². The third-order valence-corrected chi connectivity index (χ3v) is 2.55. The fourth-order valence-electron chi connectivity index (χ4n) is 1.27. The van der Waals surface area contributed by atoms with Crippen LogP contribution in [0, 0.1) is 5.82 Å². The first kappa shape index (κ1) is 15.8. The highest BCUT2D eigenvalue weighted by Crippen LogP contribution is 2.14. The zero-order valence-corrected chi connectivity index (χ0v) is 11.0. The Kier molecular flexibility index (Phi) is 5.39. The molecule has 2 N–H and O–H groups in total. The smallest absolute Gasteiger partial charge is 0.326 e. The molecule has 0 aliphatic rings. The molecule has 7 nitrogen and oxygen atoms in total. The van der Waals surface area contributed by atoms with Crippen molar-refractivity contribution in [3.63, 3.8) is 0 Å². The first-order chi connectivity index (χ1) is 9.35. The van der Waals surface area contributed by atoms with E-state index in [-0.39, 0.29) is 10.7 Å². The second-order valence-corrected chi connectivity index (χ2v) is 3.99. The van der Waals surface area contributed by atoms with Crippen LogP contribution < -0.4 is 5.32 Å². The van der Waals surface area contributed by atoms with Crippen LogP contribution in [0.2, 0.25) is 5.15 Å². The van der Waals surface area contributed by atoms with Gasteiger partial charge in [-0.2, -0.15) is 0 Å². The summed E-state index contributed by atoms with van der Waals surface area (Å²) >= 11 is 5.61. The SMILES string of the molecule is COC(=O)C[C@H](NC(=O)c1cc(F)cnc1Cl)C(=O)O. The van der Waals surface area contributed by atoms with Gasteiger partial charge < -0.3 is 15.2 Å². The number of pyridine rings is 1. The molecule has 0 aliphatic heterocycles. The van der Waals surface area contributed by atoms with E-state index in [2.05, 4.69) is 9.72 Å². The number of nitrogens with one attached hydrogen (secondary N) is 1. The molecule has 0 radical (unpaired) electrons. The van der Waals surface area contributed by atoms with E-state index in [1.165, 1.54) is 0 Å². The highest BCUT2D eigenvalue weighted by molar-refractivity contribution is 6.32. The number of carbonyl (C=O) groups excluding carboxylic acids is 2. The number of aromatic nitrogens is 1. The summed E-state index contributed by atoms with van der Waals surface area (Å²) in [4.78, 5) is 37.2. The van der Waals surface area contributed by atoms with Crippen molar-refractivity contribution in [3.8, 4) is 0 Å². The van der Waals surface area contributed by atoms with Gasteiger partial charge in [0.15, 0.2) is 0 Å². The number of methoxy groups -OCH3 is 1. The fraction of sp³-hybridized carbons (Fsp3) is 0.273. The van der Waals surface area contributed by atoms with Crippen molar-refractivity contribution in [2.75, 3.05) is 7.11 Å². The van der Waals surface area contributed by atoms with Crippen LogP contribution in [0.1, 0.15) is 16.8 Å². The number of hydrogen-bond acceptors (Lipinski definition) is 5. The number of ether oxygens (including phenoxy) is 1. The highest BCUT2D eigenvalue weighted by atomic mass is 35.5. The lowest BCUT2D eigenvalue weighted by atomic mass is 10.2. The summed E-state index contributed by atoms with van der Waals surface area (Å²) in [5.41, 5.74) is -0.331. The number of esters is 1. The van der Waals surface area contributed by atoms with Crippen LogP contribution in [0.3, 0.4) is 0 Å². The summed E-state index contributed by atoms with van der Waals surface area (Å²) in [6, 6.07) is -0.712. The molecule has 108 valence electrons. The van der Waals surface area contributed by atoms with Crippen molar-refractivity contribution >= 4 is 29.4 Å². The molecular formula is C11H10ClFN2O5. The number of aliphatic carboxylic acids is 1. The Morgan fingerprint density at radius 3 is 2.75 bits per heavy atom. The van der Waals surface area contributed by atoms with E-state index >= 15 is 0 Å². The Balaban J connectivity index is 2.88. The van der Waals surface area contributed by atoms with E-state index in [0.717, 1.165) is 19.4 Å². The standard InChI is InChI=1S/C11H10ClFN2O5/c1-20-8(16)3-7(11(18)19)15-10(17)6-2-5(13)4-14-9(6)12/h2,4,7H,3H2,1H3,(H,15,17)(H,18,19)/t7-/m0/s1. The molecular weight excluding hydrogens is 295 g/mol. The molecule has 9 heteroatoms. The molecule has 0 fully saturated rings. The number of rotatable bonds is 5. The Morgan fingerprint density at radius 1 is 1.55 bits per heavy atom. The van der Waals surface area contributed by atoms with Crippen molar-refractivity contribution < 1.29 is 28.6 Å². The Hall–Kier alpha value is -2.22. The Labute approximate surface area is 117 Å². The maximum atomic E-state index is 13.0. The minimum atomic E-state index is -1.52. The summed E-state index contributed by atoms with van der Waals surface area (Å²) in [6.07, 6.45) is 0.236. The van der Waals surface area contributed by atoms with Gasteiger partial charge in [-0.3, -0.25) is 9.59 Å². The first-order valence-electron chi connectivity index (χ1n) is 5.26. The first-order valence-corrected chi connectivity index (χ1v) is 5.64. The second-order valence-electron chi connectivity index (χ2n) is 3.64. The number of nitrogens with zero attached hydrogens (tertiary/aromatic N) is 1. The molecule has 0 spiro atoms. The minimum absolute atomic E-state index is 0.286. The number of carbonyl (C=O) groups is 3. The van der Waals surface area contributed by atoms with Gasteiger partial charge in [-0.25, -0.2) is 14.2 Å². The van der Waals surface area contributed by atoms with Gasteiger partial charge in [-0.05, 0) is 6.07 Å². The summed E-state index contributed by atoms with van der Waals surface area (Å²) in [5, 5.41) is 10.6. The molecule has 0 saturated carbocycles. The van der Waals surface area contributed by atoms with Crippen LogP contribution in [-0.2, 0) is 14.3 Å². The highest BCUT2D eigenvalue weighted by Gasteiger charge is 2.25. The van der Waals surface area contributed by atoms with Crippen molar-refractivity contribution in [2.45, 2.75) is 12.5 Å². The van der Waals surface area contributed by atoms with Crippen LogP contribution in [0.5, 0.6) is 0 Å². The molecule has 1 amide bonds. The Bertz CT molecular complexity index is 552. The van der Waals surface area contributed by atoms with Crippen molar-refractivity contribution in [1.82, 2.24) is 10.3 Å². The third-order valence-electron chi connectivity index (χ3n) is 2.25. The topological polar surface area (TPSA) is 106 Å². The zero-order chi connectivity index (χ0) is 15.3. The number of halogens is 2. The monoisotopic (exact) mass is 304 g/mol.